The van der Waals surface area contributed by atoms with E-state index in [1.807, 2.05) is 24.3 Å². The smallest absolute Gasteiger partial charge is 0.141 e. The Morgan fingerprint density at radius 2 is 1.58 bits per heavy atom. The maximum atomic E-state index is 13.5. The summed E-state index contributed by atoms with van der Waals surface area (Å²) in [5.41, 5.74) is 1.26. The fourth-order valence-electron chi connectivity index (χ4n) is 1.98. The monoisotopic (exact) mass is 258 g/mol. The molecule has 2 aromatic rings. The zero-order valence-corrected chi connectivity index (χ0v) is 10.7. The highest BCUT2D eigenvalue weighted by Gasteiger charge is 2.11. The molecular formula is C16H15FO2. The normalized spacial score (nSPS) is 10.2. The summed E-state index contributed by atoms with van der Waals surface area (Å²) >= 11 is 0. The van der Waals surface area contributed by atoms with Crippen molar-refractivity contribution in [2.75, 3.05) is 7.11 Å². The molecule has 2 nitrogen and oxygen atoms in total. The fourth-order valence-corrected chi connectivity index (χ4v) is 1.98. The van der Waals surface area contributed by atoms with Crippen LogP contribution in [0.5, 0.6) is 5.75 Å². The van der Waals surface area contributed by atoms with Crippen molar-refractivity contribution in [3.05, 3.63) is 65.5 Å². The van der Waals surface area contributed by atoms with Crippen LogP contribution < -0.4 is 4.74 Å². The van der Waals surface area contributed by atoms with Crippen molar-refractivity contribution in [2.24, 2.45) is 0 Å². The second-order valence-electron chi connectivity index (χ2n) is 4.30. The number of carbonyl (C=O) groups excluding carboxylic acids is 1. The predicted molar refractivity (Wildman–Crippen MR) is 71.8 cm³/mol. The van der Waals surface area contributed by atoms with Gasteiger partial charge in [0.05, 0.1) is 7.11 Å². The second kappa shape index (κ2) is 6.14. The summed E-state index contributed by atoms with van der Waals surface area (Å²) in [6, 6.07) is 13.7. The summed E-state index contributed by atoms with van der Waals surface area (Å²) in [5.74, 6) is 0.315. The second-order valence-corrected chi connectivity index (χ2v) is 4.30. The Morgan fingerprint density at radius 3 is 2.26 bits per heavy atom. The Hall–Kier alpha value is -2.16. The maximum Gasteiger partial charge on any atom is 0.141 e. The van der Waals surface area contributed by atoms with Crippen LogP contribution in [0.2, 0.25) is 0 Å². The van der Waals surface area contributed by atoms with Gasteiger partial charge in [0.25, 0.3) is 0 Å². The lowest BCUT2D eigenvalue weighted by molar-refractivity contribution is -0.117. The SMILES string of the molecule is COc1ccccc1CC(=O)Cc1ccccc1F. The molecule has 0 heterocycles. The summed E-state index contributed by atoms with van der Waals surface area (Å²) in [6.07, 6.45) is 0.350. The summed E-state index contributed by atoms with van der Waals surface area (Å²) in [5, 5.41) is 0. The average Bonchev–Trinajstić information content (AvgIpc) is 2.42. The van der Waals surface area contributed by atoms with Gasteiger partial charge in [0.15, 0.2) is 0 Å². The molecule has 0 saturated carbocycles. The molecule has 98 valence electrons. The van der Waals surface area contributed by atoms with Gasteiger partial charge in [-0.3, -0.25) is 4.79 Å². The molecule has 3 heteroatoms. The first kappa shape index (κ1) is 13.3. The van der Waals surface area contributed by atoms with E-state index < -0.39 is 0 Å². The van der Waals surface area contributed by atoms with Crippen molar-refractivity contribution in [1.82, 2.24) is 0 Å². The molecule has 0 fully saturated rings. The minimum Gasteiger partial charge on any atom is -0.496 e. The van der Waals surface area contributed by atoms with Crippen molar-refractivity contribution in [3.8, 4) is 5.75 Å². The van der Waals surface area contributed by atoms with E-state index in [4.69, 9.17) is 4.74 Å². The van der Waals surface area contributed by atoms with Gasteiger partial charge in [-0.15, -0.1) is 0 Å². The number of ether oxygens (including phenoxy) is 1. The van der Waals surface area contributed by atoms with Gasteiger partial charge < -0.3 is 4.74 Å². The topological polar surface area (TPSA) is 26.3 Å². The number of halogens is 1. The number of benzene rings is 2. The first-order valence-corrected chi connectivity index (χ1v) is 6.07. The van der Waals surface area contributed by atoms with E-state index in [0.717, 1.165) is 5.56 Å². The lowest BCUT2D eigenvalue weighted by atomic mass is 10.0. The quantitative estimate of drug-likeness (QED) is 0.823. The Bertz CT molecular complexity index is 578. The van der Waals surface area contributed by atoms with Gasteiger partial charge in [0.1, 0.15) is 17.3 Å². The van der Waals surface area contributed by atoms with Crippen LogP contribution >= 0.6 is 0 Å². The summed E-state index contributed by atoms with van der Waals surface area (Å²) < 4.78 is 18.7. The van der Waals surface area contributed by atoms with Crippen LogP contribution in [-0.4, -0.2) is 12.9 Å². The number of carbonyl (C=O) groups is 1. The van der Waals surface area contributed by atoms with Crippen LogP contribution in [0.25, 0.3) is 0 Å². The van der Waals surface area contributed by atoms with Gasteiger partial charge in [-0.05, 0) is 17.7 Å². The van der Waals surface area contributed by atoms with Crippen molar-refractivity contribution in [2.45, 2.75) is 12.8 Å². The predicted octanol–water partition coefficient (Wildman–Crippen LogP) is 3.19. The molecule has 0 amide bonds. The number of ketones is 1. The molecule has 19 heavy (non-hydrogen) atoms. The van der Waals surface area contributed by atoms with Crippen LogP contribution in [0.1, 0.15) is 11.1 Å². The Balaban J connectivity index is 2.08. The Kier molecular flexibility index (Phi) is 4.29. The van der Waals surface area contributed by atoms with Gasteiger partial charge in [-0.2, -0.15) is 0 Å². The van der Waals surface area contributed by atoms with E-state index in [-0.39, 0.29) is 24.4 Å². The van der Waals surface area contributed by atoms with E-state index >= 15 is 0 Å². The molecule has 0 spiro atoms. The highest BCUT2D eigenvalue weighted by Crippen LogP contribution is 2.19. The number of para-hydroxylation sites is 1. The minimum atomic E-state index is -0.337. The first-order valence-electron chi connectivity index (χ1n) is 6.07. The van der Waals surface area contributed by atoms with E-state index in [9.17, 15) is 9.18 Å². The van der Waals surface area contributed by atoms with Crippen LogP contribution in [0.4, 0.5) is 4.39 Å². The summed E-state index contributed by atoms with van der Waals surface area (Å²) in [7, 11) is 1.57. The fraction of sp³-hybridized carbons (Fsp3) is 0.188. The highest BCUT2D eigenvalue weighted by molar-refractivity contribution is 5.83. The third kappa shape index (κ3) is 3.41. The zero-order valence-electron chi connectivity index (χ0n) is 10.7. The van der Waals surface area contributed by atoms with E-state index in [1.165, 1.54) is 6.07 Å². The molecular weight excluding hydrogens is 243 g/mol. The lowest BCUT2D eigenvalue weighted by Gasteiger charge is -2.07. The number of rotatable bonds is 5. The summed E-state index contributed by atoms with van der Waals surface area (Å²) in [4.78, 5) is 12.0. The van der Waals surface area contributed by atoms with Gasteiger partial charge in [-0.1, -0.05) is 36.4 Å². The van der Waals surface area contributed by atoms with E-state index in [1.54, 1.807) is 25.3 Å². The van der Waals surface area contributed by atoms with Crippen LogP contribution in [0.3, 0.4) is 0 Å². The van der Waals surface area contributed by atoms with E-state index in [2.05, 4.69) is 0 Å². The van der Waals surface area contributed by atoms with Gasteiger partial charge in [0.2, 0.25) is 0 Å². The molecule has 2 aromatic carbocycles. The molecule has 0 aliphatic carbocycles. The molecule has 0 aliphatic heterocycles. The number of hydrogen-bond donors (Lipinski definition) is 0. The van der Waals surface area contributed by atoms with Crippen LogP contribution in [0, 0.1) is 5.82 Å². The molecule has 0 bridgehead atoms. The Labute approximate surface area is 111 Å². The molecule has 0 saturated heterocycles. The lowest BCUT2D eigenvalue weighted by Crippen LogP contribution is -2.08. The van der Waals surface area contributed by atoms with Gasteiger partial charge in [0, 0.05) is 18.4 Å². The van der Waals surface area contributed by atoms with Crippen molar-refractivity contribution < 1.29 is 13.9 Å². The number of hydrogen-bond acceptors (Lipinski definition) is 2. The number of methoxy groups -OCH3 is 1. The van der Waals surface area contributed by atoms with Crippen molar-refractivity contribution in [1.29, 1.82) is 0 Å². The largest absolute Gasteiger partial charge is 0.496 e. The summed E-state index contributed by atoms with van der Waals surface area (Å²) in [6.45, 7) is 0. The van der Waals surface area contributed by atoms with Crippen molar-refractivity contribution >= 4 is 5.78 Å². The third-order valence-electron chi connectivity index (χ3n) is 2.93. The van der Waals surface area contributed by atoms with Crippen LogP contribution in [0.15, 0.2) is 48.5 Å². The molecule has 0 aliphatic rings. The van der Waals surface area contributed by atoms with Gasteiger partial charge >= 0.3 is 0 Å². The molecule has 0 atom stereocenters. The van der Waals surface area contributed by atoms with E-state index in [0.29, 0.717) is 11.3 Å². The first-order chi connectivity index (χ1) is 9.20. The standard InChI is InChI=1S/C16H15FO2/c1-19-16-9-5-3-7-13(16)11-14(18)10-12-6-2-4-8-15(12)17/h2-9H,10-11H2,1H3. The minimum absolute atomic E-state index is 0.0328. The number of Topliss-reactive ketones (excluding diaryl/α,β-unsaturated/α-hetero) is 1. The van der Waals surface area contributed by atoms with Crippen molar-refractivity contribution in [3.63, 3.8) is 0 Å². The zero-order chi connectivity index (χ0) is 13.7. The van der Waals surface area contributed by atoms with Crippen LogP contribution in [-0.2, 0) is 17.6 Å². The molecule has 0 aromatic heterocycles. The molecule has 0 N–H and O–H groups in total. The third-order valence-corrected chi connectivity index (χ3v) is 2.93. The molecule has 0 unspecified atom stereocenters. The van der Waals surface area contributed by atoms with Gasteiger partial charge in [-0.25, -0.2) is 4.39 Å². The molecule has 2 rings (SSSR count). The molecule has 0 radical (unpaired) electrons. The highest BCUT2D eigenvalue weighted by atomic mass is 19.1. The maximum absolute atomic E-state index is 13.5. The average molecular weight is 258 g/mol. The Morgan fingerprint density at radius 1 is 1.00 bits per heavy atom.